The summed E-state index contributed by atoms with van der Waals surface area (Å²) in [6.45, 7) is 0.392. The van der Waals surface area contributed by atoms with Crippen LogP contribution in [0.5, 0.6) is 0 Å². The van der Waals surface area contributed by atoms with Gasteiger partial charge in [-0.05, 0) is 30.3 Å². The van der Waals surface area contributed by atoms with E-state index in [0.29, 0.717) is 12.5 Å². The van der Waals surface area contributed by atoms with Crippen molar-refractivity contribution in [1.29, 1.82) is 0 Å². The zero-order chi connectivity index (χ0) is 14.5. The van der Waals surface area contributed by atoms with Crippen LogP contribution in [0.1, 0.15) is 17.4 Å². The Morgan fingerprint density at radius 3 is 2.24 bits per heavy atom. The minimum absolute atomic E-state index is 0.285. The summed E-state index contributed by atoms with van der Waals surface area (Å²) < 4.78 is 0. The predicted octanol–water partition coefficient (Wildman–Crippen LogP) is 1.73. The first-order valence-corrected chi connectivity index (χ1v) is 6.62. The van der Waals surface area contributed by atoms with Crippen molar-refractivity contribution in [2.24, 2.45) is 4.99 Å². The van der Waals surface area contributed by atoms with Gasteiger partial charge in [0.1, 0.15) is 6.04 Å². The van der Waals surface area contributed by atoms with Gasteiger partial charge in [-0.15, -0.1) is 0 Å². The number of hydrogen-bond acceptors (Lipinski definition) is 6. The van der Waals surface area contributed by atoms with Crippen LogP contribution in [0.3, 0.4) is 0 Å². The van der Waals surface area contributed by atoms with Gasteiger partial charge in [-0.25, -0.2) is 10.1 Å². The SMILES string of the molecule is ON1CC=CN=C1NC(c1ccccn1)c1ccccn1. The van der Waals surface area contributed by atoms with Crippen LogP contribution in [0.4, 0.5) is 0 Å². The molecule has 6 heteroatoms. The van der Waals surface area contributed by atoms with E-state index >= 15 is 0 Å². The molecule has 0 radical (unpaired) electrons. The summed E-state index contributed by atoms with van der Waals surface area (Å²) in [7, 11) is 0. The Balaban J connectivity index is 1.93. The average molecular weight is 281 g/mol. The third kappa shape index (κ3) is 3.06. The van der Waals surface area contributed by atoms with Gasteiger partial charge in [0.25, 0.3) is 0 Å². The topological polar surface area (TPSA) is 73.6 Å². The molecule has 3 rings (SSSR count). The molecular formula is C15H15N5O. The Bertz CT molecular complexity index is 602. The lowest BCUT2D eigenvalue weighted by molar-refractivity contribution is -0.00900. The first-order valence-electron chi connectivity index (χ1n) is 6.62. The van der Waals surface area contributed by atoms with E-state index in [2.05, 4.69) is 20.3 Å². The van der Waals surface area contributed by atoms with Gasteiger partial charge in [-0.1, -0.05) is 12.1 Å². The number of hydrogen-bond donors (Lipinski definition) is 2. The molecule has 1 aliphatic rings. The van der Waals surface area contributed by atoms with Crippen LogP contribution < -0.4 is 5.32 Å². The maximum Gasteiger partial charge on any atom is 0.224 e. The largest absolute Gasteiger partial charge is 0.340 e. The molecule has 0 aliphatic carbocycles. The summed E-state index contributed by atoms with van der Waals surface area (Å²) in [5.74, 6) is 0.374. The highest BCUT2D eigenvalue weighted by Crippen LogP contribution is 2.18. The third-order valence-electron chi connectivity index (χ3n) is 3.07. The number of guanidine groups is 1. The van der Waals surface area contributed by atoms with Crippen LogP contribution >= 0.6 is 0 Å². The van der Waals surface area contributed by atoms with Crippen molar-refractivity contribution >= 4 is 5.96 Å². The van der Waals surface area contributed by atoms with E-state index in [-0.39, 0.29) is 6.04 Å². The Kier molecular flexibility index (Phi) is 3.88. The molecule has 0 unspecified atom stereocenters. The van der Waals surface area contributed by atoms with Gasteiger partial charge in [-0.2, -0.15) is 0 Å². The fourth-order valence-electron chi connectivity index (χ4n) is 2.06. The maximum absolute atomic E-state index is 9.86. The van der Waals surface area contributed by atoms with Crippen molar-refractivity contribution in [3.05, 3.63) is 72.5 Å². The van der Waals surface area contributed by atoms with Crippen LogP contribution in [-0.2, 0) is 0 Å². The highest BCUT2D eigenvalue weighted by molar-refractivity contribution is 5.81. The fourth-order valence-corrected chi connectivity index (χ4v) is 2.06. The van der Waals surface area contributed by atoms with Gasteiger partial charge < -0.3 is 5.32 Å². The van der Waals surface area contributed by atoms with Crippen LogP contribution in [0.15, 0.2) is 66.1 Å². The molecule has 0 amide bonds. The fraction of sp³-hybridized carbons (Fsp3) is 0.133. The molecule has 0 bridgehead atoms. The quantitative estimate of drug-likeness (QED) is 0.896. The summed E-state index contributed by atoms with van der Waals surface area (Å²) in [5.41, 5.74) is 1.61. The molecular weight excluding hydrogens is 266 g/mol. The van der Waals surface area contributed by atoms with Crippen molar-refractivity contribution in [1.82, 2.24) is 20.3 Å². The number of hydroxylamine groups is 2. The van der Waals surface area contributed by atoms with Crippen LogP contribution in [0.2, 0.25) is 0 Å². The van der Waals surface area contributed by atoms with Gasteiger partial charge in [0.2, 0.25) is 5.96 Å². The minimum atomic E-state index is -0.285. The molecule has 0 aromatic carbocycles. The molecule has 1 aliphatic heterocycles. The molecule has 106 valence electrons. The lowest BCUT2D eigenvalue weighted by atomic mass is 10.1. The highest BCUT2D eigenvalue weighted by Gasteiger charge is 2.21. The molecule has 6 nitrogen and oxygen atoms in total. The van der Waals surface area contributed by atoms with Gasteiger partial charge in [0.15, 0.2) is 0 Å². The summed E-state index contributed by atoms with van der Waals surface area (Å²) in [5, 5.41) is 14.1. The van der Waals surface area contributed by atoms with Gasteiger partial charge in [-0.3, -0.25) is 15.2 Å². The summed E-state index contributed by atoms with van der Waals surface area (Å²) >= 11 is 0. The van der Waals surface area contributed by atoms with E-state index in [1.807, 2.05) is 36.4 Å². The second-order valence-electron chi connectivity index (χ2n) is 4.51. The molecule has 2 N–H and O–H groups in total. The zero-order valence-electron chi connectivity index (χ0n) is 11.3. The van der Waals surface area contributed by atoms with Crippen molar-refractivity contribution < 1.29 is 5.21 Å². The van der Waals surface area contributed by atoms with Crippen LogP contribution in [0, 0.1) is 0 Å². The van der Waals surface area contributed by atoms with E-state index < -0.39 is 0 Å². The molecule has 0 saturated heterocycles. The third-order valence-corrected chi connectivity index (χ3v) is 3.07. The van der Waals surface area contributed by atoms with Gasteiger partial charge in [0.05, 0.1) is 17.9 Å². The normalized spacial score (nSPS) is 14.2. The van der Waals surface area contributed by atoms with Gasteiger partial charge in [0, 0.05) is 18.6 Å². The lowest BCUT2D eigenvalue weighted by Gasteiger charge is -2.25. The average Bonchev–Trinajstić information content (AvgIpc) is 2.56. The summed E-state index contributed by atoms with van der Waals surface area (Å²) in [6, 6.07) is 11.1. The number of aromatic nitrogens is 2. The molecule has 21 heavy (non-hydrogen) atoms. The lowest BCUT2D eigenvalue weighted by Crippen LogP contribution is -2.42. The Labute approximate surface area is 122 Å². The highest BCUT2D eigenvalue weighted by atomic mass is 16.5. The molecule has 2 aromatic rings. The molecule has 0 saturated carbocycles. The van der Waals surface area contributed by atoms with E-state index in [4.69, 9.17) is 0 Å². The van der Waals surface area contributed by atoms with E-state index in [1.165, 1.54) is 0 Å². The first kappa shape index (κ1) is 13.3. The second-order valence-corrected chi connectivity index (χ2v) is 4.51. The molecule has 0 fully saturated rings. The number of aliphatic imine (C=N–C) groups is 1. The van der Waals surface area contributed by atoms with Crippen molar-refractivity contribution in [3.8, 4) is 0 Å². The standard InChI is InChI=1S/C15H15N5O/c21-20-11-5-10-18-15(20)19-14(12-6-1-3-8-16-12)13-7-2-4-9-17-13/h1-10,14,21H,11H2,(H,18,19). The van der Waals surface area contributed by atoms with Crippen molar-refractivity contribution in [2.75, 3.05) is 6.54 Å². The van der Waals surface area contributed by atoms with Gasteiger partial charge >= 0.3 is 0 Å². The van der Waals surface area contributed by atoms with E-state index in [9.17, 15) is 5.21 Å². The monoisotopic (exact) mass is 281 g/mol. The predicted molar refractivity (Wildman–Crippen MR) is 78.5 cm³/mol. The second kappa shape index (κ2) is 6.15. The smallest absolute Gasteiger partial charge is 0.224 e. The Morgan fingerprint density at radius 2 is 1.71 bits per heavy atom. The number of nitrogens with zero attached hydrogens (tertiary/aromatic N) is 4. The molecule has 2 aromatic heterocycles. The number of nitrogens with one attached hydrogen (secondary N) is 1. The molecule has 0 spiro atoms. The van der Waals surface area contributed by atoms with Crippen molar-refractivity contribution in [2.45, 2.75) is 6.04 Å². The van der Waals surface area contributed by atoms with E-state index in [0.717, 1.165) is 16.5 Å². The van der Waals surface area contributed by atoms with Crippen LogP contribution in [-0.4, -0.2) is 32.7 Å². The number of pyridine rings is 2. The number of rotatable bonds is 3. The summed E-state index contributed by atoms with van der Waals surface area (Å²) in [6.07, 6.45) is 6.88. The molecule has 3 heterocycles. The maximum atomic E-state index is 9.86. The zero-order valence-corrected chi connectivity index (χ0v) is 11.3. The summed E-state index contributed by atoms with van der Waals surface area (Å²) in [4.78, 5) is 12.9. The minimum Gasteiger partial charge on any atom is -0.340 e. The van der Waals surface area contributed by atoms with E-state index in [1.54, 1.807) is 24.7 Å². The first-order chi connectivity index (χ1) is 10.3. The van der Waals surface area contributed by atoms with Crippen LogP contribution in [0.25, 0.3) is 0 Å². The van der Waals surface area contributed by atoms with Crippen molar-refractivity contribution in [3.63, 3.8) is 0 Å². The Morgan fingerprint density at radius 1 is 1.05 bits per heavy atom. The molecule has 0 atom stereocenters. The Hall–Kier alpha value is -2.73.